The summed E-state index contributed by atoms with van der Waals surface area (Å²) in [4.78, 5) is 2.50. The van der Waals surface area contributed by atoms with Gasteiger partial charge in [0.05, 0.1) is 5.25 Å². The number of thioether (sulfide) groups is 1. The van der Waals surface area contributed by atoms with Crippen LogP contribution in [0.25, 0.3) is 10.8 Å². The molecule has 1 fully saturated rings. The van der Waals surface area contributed by atoms with Crippen molar-refractivity contribution in [2.24, 2.45) is 0 Å². The Morgan fingerprint density at radius 1 is 0.917 bits per heavy atom. The molecule has 0 bridgehead atoms. The van der Waals surface area contributed by atoms with Crippen molar-refractivity contribution in [2.75, 3.05) is 19.0 Å². The normalized spacial score (nSPS) is 18.1. The van der Waals surface area contributed by atoms with Gasteiger partial charge in [0.15, 0.2) is 0 Å². The van der Waals surface area contributed by atoms with Gasteiger partial charge in [-0.1, -0.05) is 66.7 Å². The predicted molar refractivity (Wildman–Crippen MR) is 103 cm³/mol. The number of benzene rings is 3. The third-order valence-corrected chi connectivity index (χ3v) is 5.65. The highest BCUT2D eigenvalue weighted by molar-refractivity contribution is 8.00. The zero-order chi connectivity index (χ0) is 16.2. The molecule has 4 rings (SSSR count). The lowest BCUT2D eigenvalue weighted by molar-refractivity contribution is 0.277. The van der Waals surface area contributed by atoms with E-state index in [0.29, 0.717) is 5.25 Å². The molecule has 1 aliphatic heterocycles. The lowest BCUT2D eigenvalue weighted by Crippen LogP contribution is -2.24. The molecule has 0 amide bonds. The molecule has 0 spiro atoms. The molecule has 1 saturated heterocycles. The molecule has 1 aliphatic rings. The highest BCUT2D eigenvalue weighted by Gasteiger charge is 2.23. The SMILES string of the molecule is c1ccc(CN2CS[C@@H](COc3cccc4ccccc34)C2)cc1. The molecule has 3 heteroatoms. The Bertz CT molecular complexity index is 800. The van der Waals surface area contributed by atoms with Crippen LogP contribution in [0.3, 0.4) is 0 Å². The average molecular weight is 335 g/mol. The van der Waals surface area contributed by atoms with Crippen molar-refractivity contribution in [1.82, 2.24) is 4.90 Å². The van der Waals surface area contributed by atoms with Gasteiger partial charge < -0.3 is 4.74 Å². The standard InChI is InChI=1S/C21H21NOS/c1-2-7-17(8-3-1)13-22-14-19(24-16-22)15-23-21-12-6-10-18-9-4-5-11-20(18)21/h1-12,19H,13-16H2/t19-/m1/s1. The predicted octanol–water partition coefficient (Wildman–Crippen LogP) is 4.79. The second kappa shape index (κ2) is 7.29. The fourth-order valence-electron chi connectivity index (χ4n) is 3.16. The first kappa shape index (κ1) is 15.6. The lowest BCUT2D eigenvalue weighted by Gasteiger charge is -2.16. The second-order valence-corrected chi connectivity index (χ2v) is 7.46. The monoisotopic (exact) mass is 335 g/mol. The van der Waals surface area contributed by atoms with Crippen LogP contribution in [0.4, 0.5) is 0 Å². The van der Waals surface area contributed by atoms with E-state index in [1.807, 2.05) is 11.8 Å². The van der Waals surface area contributed by atoms with Crippen molar-refractivity contribution in [3.63, 3.8) is 0 Å². The van der Waals surface area contributed by atoms with Gasteiger partial charge in [-0.2, -0.15) is 0 Å². The zero-order valence-corrected chi connectivity index (χ0v) is 14.4. The van der Waals surface area contributed by atoms with E-state index in [0.717, 1.165) is 31.3 Å². The summed E-state index contributed by atoms with van der Waals surface area (Å²) in [7, 11) is 0. The lowest BCUT2D eigenvalue weighted by atomic mass is 10.1. The quantitative estimate of drug-likeness (QED) is 0.665. The Morgan fingerprint density at radius 3 is 2.62 bits per heavy atom. The maximum absolute atomic E-state index is 6.15. The molecule has 0 N–H and O–H groups in total. The van der Waals surface area contributed by atoms with Gasteiger partial charge in [-0.25, -0.2) is 0 Å². The van der Waals surface area contributed by atoms with Gasteiger partial charge in [0.2, 0.25) is 0 Å². The Morgan fingerprint density at radius 2 is 1.71 bits per heavy atom. The van der Waals surface area contributed by atoms with E-state index in [9.17, 15) is 0 Å². The smallest absolute Gasteiger partial charge is 0.127 e. The fourth-order valence-corrected chi connectivity index (χ4v) is 4.26. The molecule has 2 nitrogen and oxygen atoms in total. The number of rotatable bonds is 5. The molecule has 0 aliphatic carbocycles. The van der Waals surface area contributed by atoms with E-state index < -0.39 is 0 Å². The van der Waals surface area contributed by atoms with Gasteiger partial charge >= 0.3 is 0 Å². The van der Waals surface area contributed by atoms with Crippen molar-refractivity contribution in [3.05, 3.63) is 78.4 Å². The number of hydrogen-bond acceptors (Lipinski definition) is 3. The van der Waals surface area contributed by atoms with Crippen LogP contribution in [0.1, 0.15) is 5.56 Å². The summed E-state index contributed by atoms with van der Waals surface area (Å²) in [6.07, 6.45) is 0. The van der Waals surface area contributed by atoms with E-state index in [1.54, 1.807) is 0 Å². The average Bonchev–Trinajstić information content (AvgIpc) is 3.08. The summed E-state index contributed by atoms with van der Waals surface area (Å²) >= 11 is 2.00. The van der Waals surface area contributed by atoms with Crippen molar-refractivity contribution in [3.8, 4) is 5.75 Å². The van der Waals surface area contributed by atoms with Gasteiger partial charge in [-0.15, -0.1) is 11.8 Å². The Kier molecular flexibility index (Phi) is 4.72. The minimum Gasteiger partial charge on any atom is -0.492 e. The molecule has 122 valence electrons. The summed E-state index contributed by atoms with van der Waals surface area (Å²) in [6, 6.07) is 25.4. The van der Waals surface area contributed by atoms with Crippen LogP contribution in [0, 0.1) is 0 Å². The first-order valence-corrected chi connectivity index (χ1v) is 9.42. The van der Waals surface area contributed by atoms with Crippen LogP contribution in [-0.4, -0.2) is 29.2 Å². The fraction of sp³-hybridized carbons (Fsp3) is 0.238. The van der Waals surface area contributed by atoms with Crippen LogP contribution in [0.2, 0.25) is 0 Å². The molecule has 0 aromatic heterocycles. The number of hydrogen-bond donors (Lipinski definition) is 0. The first-order chi connectivity index (χ1) is 11.9. The summed E-state index contributed by atoms with van der Waals surface area (Å²) < 4.78 is 6.15. The third-order valence-electron chi connectivity index (χ3n) is 4.38. The van der Waals surface area contributed by atoms with Crippen LogP contribution in [-0.2, 0) is 6.54 Å². The van der Waals surface area contributed by atoms with Gasteiger partial charge in [-0.3, -0.25) is 4.90 Å². The van der Waals surface area contributed by atoms with Crippen LogP contribution in [0.15, 0.2) is 72.8 Å². The Labute approximate surface area is 147 Å². The summed E-state index contributed by atoms with van der Waals surface area (Å²) in [6.45, 7) is 2.88. The zero-order valence-electron chi connectivity index (χ0n) is 13.6. The van der Waals surface area contributed by atoms with Crippen LogP contribution >= 0.6 is 11.8 Å². The van der Waals surface area contributed by atoms with Crippen molar-refractivity contribution >= 4 is 22.5 Å². The summed E-state index contributed by atoms with van der Waals surface area (Å²) in [5.41, 5.74) is 1.38. The third kappa shape index (κ3) is 3.58. The van der Waals surface area contributed by atoms with Gasteiger partial charge in [0.1, 0.15) is 12.4 Å². The summed E-state index contributed by atoms with van der Waals surface area (Å²) in [5, 5.41) is 2.97. The van der Waals surface area contributed by atoms with E-state index in [1.165, 1.54) is 16.3 Å². The second-order valence-electron chi connectivity index (χ2n) is 6.20. The number of nitrogens with zero attached hydrogens (tertiary/aromatic N) is 1. The van der Waals surface area contributed by atoms with Crippen LogP contribution < -0.4 is 4.74 Å². The maximum atomic E-state index is 6.15. The molecule has 1 atom stereocenters. The molecule has 3 aromatic rings. The van der Waals surface area contributed by atoms with Crippen molar-refractivity contribution in [2.45, 2.75) is 11.8 Å². The molecule has 0 unspecified atom stereocenters. The molecule has 0 saturated carbocycles. The Hall–Kier alpha value is -1.97. The number of ether oxygens (including phenoxy) is 1. The van der Waals surface area contributed by atoms with Gasteiger partial charge in [0.25, 0.3) is 0 Å². The van der Waals surface area contributed by atoms with E-state index in [2.05, 4.69) is 77.7 Å². The van der Waals surface area contributed by atoms with Crippen LogP contribution in [0.5, 0.6) is 5.75 Å². The maximum Gasteiger partial charge on any atom is 0.127 e. The highest BCUT2D eigenvalue weighted by atomic mass is 32.2. The van der Waals surface area contributed by atoms with Crippen molar-refractivity contribution < 1.29 is 4.74 Å². The highest BCUT2D eigenvalue weighted by Crippen LogP contribution is 2.28. The van der Waals surface area contributed by atoms with Gasteiger partial charge in [0, 0.05) is 24.4 Å². The van der Waals surface area contributed by atoms with Crippen molar-refractivity contribution in [1.29, 1.82) is 0 Å². The minimum atomic E-state index is 0.535. The topological polar surface area (TPSA) is 12.5 Å². The molecular formula is C21H21NOS. The van der Waals surface area contributed by atoms with E-state index in [4.69, 9.17) is 4.74 Å². The number of fused-ring (bicyclic) bond motifs is 1. The van der Waals surface area contributed by atoms with E-state index >= 15 is 0 Å². The van der Waals surface area contributed by atoms with Gasteiger partial charge in [-0.05, 0) is 17.0 Å². The molecule has 1 heterocycles. The first-order valence-electron chi connectivity index (χ1n) is 8.37. The molecular weight excluding hydrogens is 314 g/mol. The molecule has 0 radical (unpaired) electrons. The van der Waals surface area contributed by atoms with E-state index in [-0.39, 0.29) is 0 Å². The summed E-state index contributed by atoms with van der Waals surface area (Å²) in [5.74, 6) is 2.08. The minimum absolute atomic E-state index is 0.535. The molecule has 3 aromatic carbocycles. The largest absolute Gasteiger partial charge is 0.492 e. The Balaban J connectivity index is 1.35. The molecule has 24 heavy (non-hydrogen) atoms.